The summed E-state index contributed by atoms with van der Waals surface area (Å²) < 4.78 is 18.9. The summed E-state index contributed by atoms with van der Waals surface area (Å²) >= 11 is 0. The van der Waals surface area contributed by atoms with Crippen LogP contribution in [-0.4, -0.2) is 21.2 Å². The first-order valence-electron chi connectivity index (χ1n) is 9.72. The molecule has 2 N–H and O–H groups in total. The molecule has 0 aliphatic rings. The van der Waals surface area contributed by atoms with E-state index in [1.165, 1.54) is 36.4 Å². The predicted molar refractivity (Wildman–Crippen MR) is 114 cm³/mol. The second kappa shape index (κ2) is 8.53. The first-order valence-corrected chi connectivity index (χ1v) is 9.72. The van der Waals surface area contributed by atoms with Crippen LogP contribution in [0.1, 0.15) is 16.8 Å². The fourth-order valence-corrected chi connectivity index (χ4v) is 3.37. The monoisotopic (exact) mass is 417 g/mol. The quantitative estimate of drug-likeness (QED) is 0.464. The molecule has 5 nitrogen and oxygen atoms in total. The van der Waals surface area contributed by atoms with Crippen molar-refractivity contribution in [1.29, 1.82) is 0 Å². The Morgan fingerprint density at radius 1 is 0.935 bits per heavy atom. The highest BCUT2D eigenvalue weighted by molar-refractivity contribution is 5.80. The van der Waals surface area contributed by atoms with Crippen molar-refractivity contribution in [3.05, 3.63) is 108 Å². The van der Waals surface area contributed by atoms with Crippen LogP contribution in [0.3, 0.4) is 0 Å². The molecule has 4 aromatic rings. The van der Waals surface area contributed by atoms with Gasteiger partial charge in [0.2, 0.25) is 0 Å². The highest BCUT2D eigenvalue weighted by Crippen LogP contribution is 2.28. The summed E-state index contributed by atoms with van der Waals surface area (Å²) in [5, 5.41) is 21.5. The minimum atomic E-state index is -2.14. The highest BCUT2D eigenvalue weighted by Gasteiger charge is 2.38. The molecule has 0 fully saturated rings. The second-order valence-electron chi connectivity index (χ2n) is 7.28. The maximum absolute atomic E-state index is 13.1. The van der Waals surface area contributed by atoms with Crippen molar-refractivity contribution in [1.82, 2.24) is 4.98 Å². The lowest BCUT2D eigenvalue weighted by Gasteiger charge is -2.24. The van der Waals surface area contributed by atoms with Gasteiger partial charge in [-0.2, -0.15) is 0 Å². The number of carboxylic acid groups (broad SMARTS) is 1. The van der Waals surface area contributed by atoms with E-state index < -0.39 is 17.4 Å². The van der Waals surface area contributed by atoms with Crippen LogP contribution in [0.5, 0.6) is 5.75 Å². The second-order valence-corrected chi connectivity index (χ2v) is 7.28. The molecular formula is C25H20FNO4. The predicted octanol–water partition coefficient (Wildman–Crippen LogP) is 4.47. The summed E-state index contributed by atoms with van der Waals surface area (Å²) in [5.41, 5.74) is 0.220. The van der Waals surface area contributed by atoms with Crippen molar-refractivity contribution < 1.29 is 24.1 Å². The number of aliphatic hydroxyl groups is 1. The van der Waals surface area contributed by atoms with Gasteiger partial charge < -0.3 is 14.9 Å². The van der Waals surface area contributed by atoms with Crippen molar-refractivity contribution in [3.8, 4) is 5.75 Å². The van der Waals surface area contributed by atoms with E-state index >= 15 is 0 Å². The van der Waals surface area contributed by atoms with Crippen molar-refractivity contribution in [2.24, 2.45) is 0 Å². The van der Waals surface area contributed by atoms with Gasteiger partial charge in [-0.05, 0) is 47.5 Å². The lowest BCUT2D eigenvalue weighted by atomic mass is 9.87. The van der Waals surface area contributed by atoms with Crippen molar-refractivity contribution >= 4 is 16.9 Å². The van der Waals surface area contributed by atoms with E-state index in [-0.39, 0.29) is 18.6 Å². The van der Waals surface area contributed by atoms with Gasteiger partial charge in [-0.3, -0.25) is 0 Å². The van der Waals surface area contributed by atoms with E-state index in [1.807, 2.05) is 36.4 Å². The molecule has 31 heavy (non-hydrogen) atoms. The molecule has 0 radical (unpaired) electrons. The van der Waals surface area contributed by atoms with Crippen LogP contribution in [0.25, 0.3) is 10.9 Å². The third kappa shape index (κ3) is 4.54. The molecule has 0 saturated carbocycles. The molecule has 0 aliphatic carbocycles. The summed E-state index contributed by atoms with van der Waals surface area (Å²) in [7, 11) is 0. The molecular weight excluding hydrogens is 397 g/mol. The number of halogens is 1. The average Bonchev–Trinajstić information content (AvgIpc) is 2.79. The van der Waals surface area contributed by atoms with Crippen molar-refractivity contribution in [3.63, 3.8) is 0 Å². The molecule has 0 amide bonds. The number of nitrogens with zero attached hydrogens (tertiary/aromatic N) is 1. The molecule has 3 aromatic carbocycles. The SMILES string of the molecule is O=C(O)C(O)(Cc1ccc(F)cc1)c1ccc(OCc2ccc3ccccc3n2)cc1. The molecule has 1 unspecified atom stereocenters. The van der Waals surface area contributed by atoms with E-state index in [1.54, 1.807) is 12.1 Å². The van der Waals surface area contributed by atoms with Gasteiger partial charge in [-0.1, -0.05) is 48.5 Å². The number of carbonyl (C=O) groups is 1. The minimum Gasteiger partial charge on any atom is -0.487 e. The first kappa shape index (κ1) is 20.5. The molecule has 156 valence electrons. The number of hydrogen-bond donors (Lipinski definition) is 2. The number of benzene rings is 3. The number of pyridine rings is 1. The lowest BCUT2D eigenvalue weighted by Crippen LogP contribution is -2.37. The highest BCUT2D eigenvalue weighted by atomic mass is 19.1. The van der Waals surface area contributed by atoms with Crippen LogP contribution in [0, 0.1) is 5.82 Å². The smallest absolute Gasteiger partial charge is 0.340 e. The number of ether oxygens (including phenoxy) is 1. The molecule has 0 aliphatic heterocycles. The van der Waals surface area contributed by atoms with Gasteiger partial charge in [-0.25, -0.2) is 14.2 Å². The van der Waals surface area contributed by atoms with E-state index in [0.717, 1.165) is 16.6 Å². The largest absolute Gasteiger partial charge is 0.487 e. The molecule has 1 atom stereocenters. The molecule has 4 rings (SSSR count). The molecule has 6 heteroatoms. The Kier molecular flexibility index (Phi) is 5.64. The first-order chi connectivity index (χ1) is 14.9. The molecule has 0 spiro atoms. The summed E-state index contributed by atoms with van der Waals surface area (Å²) in [6.07, 6.45) is -0.191. The number of fused-ring (bicyclic) bond motifs is 1. The van der Waals surface area contributed by atoms with E-state index in [2.05, 4.69) is 4.98 Å². The Labute approximate surface area is 178 Å². The van der Waals surface area contributed by atoms with Crippen molar-refractivity contribution in [2.45, 2.75) is 18.6 Å². The topological polar surface area (TPSA) is 79.7 Å². The zero-order valence-electron chi connectivity index (χ0n) is 16.5. The lowest BCUT2D eigenvalue weighted by molar-refractivity contribution is -0.159. The number of aliphatic carboxylic acids is 1. The van der Waals surface area contributed by atoms with E-state index in [0.29, 0.717) is 11.3 Å². The third-order valence-electron chi connectivity index (χ3n) is 5.10. The van der Waals surface area contributed by atoms with Crippen LogP contribution in [0.2, 0.25) is 0 Å². The standard InChI is InChI=1S/C25H20FNO4/c26-20-10-5-17(6-11-20)15-25(30,24(28)29)19-8-13-22(14-9-19)31-16-21-12-7-18-3-1-2-4-23(18)27-21/h1-14,30H,15-16H2,(H,28,29). The van der Waals surface area contributed by atoms with Gasteiger partial charge in [0, 0.05) is 11.8 Å². The Hall–Kier alpha value is -3.77. The fraction of sp³-hybridized carbons (Fsp3) is 0.120. The normalized spacial score (nSPS) is 13.0. The zero-order valence-corrected chi connectivity index (χ0v) is 16.5. The average molecular weight is 417 g/mol. The van der Waals surface area contributed by atoms with Crippen LogP contribution in [-0.2, 0) is 23.4 Å². The number of carboxylic acids is 1. The Balaban J connectivity index is 1.48. The van der Waals surface area contributed by atoms with E-state index in [4.69, 9.17) is 4.74 Å². The Morgan fingerprint density at radius 3 is 2.35 bits per heavy atom. The molecule has 1 aromatic heterocycles. The Morgan fingerprint density at radius 2 is 1.65 bits per heavy atom. The summed E-state index contributed by atoms with van der Waals surface area (Å²) in [6, 6.07) is 23.3. The van der Waals surface area contributed by atoms with Crippen LogP contribution in [0.4, 0.5) is 4.39 Å². The maximum atomic E-state index is 13.1. The number of hydrogen-bond acceptors (Lipinski definition) is 4. The summed E-state index contributed by atoms with van der Waals surface area (Å²) in [4.78, 5) is 16.4. The number of rotatable bonds is 7. The van der Waals surface area contributed by atoms with Crippen LogP contribution < -0.4 is 4.74 Å². The molecule has 0 bridgehead atoms. The summed E-state index contributed by atoms with van der Waals surface area (Å²) in [5.74, 6) is -1.29. The number of aromatic nitrogens is 1. The van der Waals surface area contributed by atoms with Gasteiger partial charge in [0.05, 0.1) is 11.2 Å². The van der Waals surface area contributed by atoms with Gasteiger partial charge in [-0.15, -0.1) is 0 Å². The van der Waals surface area contributed by atoms with Gasteiger partial charge in [0.15, 0.2) is 5.60 Å². The molecule has 0 saturated heterocycles. The molecule has 1 heterocycles. The minimum absolute atomic E-state index is 0.191. The van der Waals surface area contributed by atoms with Gasteiger partial charge in [0.1, 0.15) is 18.2 Å². The number of para-hydroxylation sites is 1. The van der Waals surface area contributed by atoms with Crippen LogP contribution in [0.15, 0.2) is 84.9 Å². The van der Waals surface area contributed by atoms with Crippen molar-refractivity contribution in [2.75, 3.05) is 0 Å². The summed E-state index contributed by atoms with van der Waals surface area (Å²) in [6.45, 7) is 0.253. The van der Waals surface area contributed by atoms with Crippen LogP contribution >= 0.6 is 0 Å². The fourth-order valence-electron chi connectivity index (χ4n) is 3.37. The third-order valence-corrected chi connectivity index (χ3v) is 5.10. The van der Waals surface area contributed by atoms with Gasteiger partial charge >= 0.3 is 5.97 Å². The maximum Gasteiger partial charge on any atom is 0.340 e. The zero-order chi connectivity index (χ0) is 21.8. The van der Waals surface area contributed by atoms with E-state index in [9.17, 15) is 19.4 Å². The van der Waals surface area contributed by atoms with Gasteiger partial charge in [0.25, 0.3) is 0 Å². The Bertz CT molecular complexity index is 1210.